The molecule has 134 valence electrons. The number of para-hydroxylation sites is 2. The highest BCUT2D eigenvalue weighted by Crippen LogP contribution is 2.21. The average molecular weight is 360 g/mol. The molecule has 0 fully saturated rings. The van der Waals surface area contributed by atoms with Crippen molar-refractivity contribution in [3.05, 3.63) is 90.1 Å². The first-order chi connectivity index (χ1) is 13.2. The Morgan fingerprint density at radius 1 is 0.889 bits per heavy atom. The van der Waals surface area contributed by atoms with Crippen molar-refractivity contribution in [1.82, 2.24) is 5.32 Å². The molecule has 0 bridgehead atoms. The number of nitrogens with one attached hydrogen (secondary N) is 2. The number of carbonyl (C=O) groups excluding carboxylic acids is 2. The molecule has 2 amide bonds. The lowest BCUT2D eigenvalue weighted by Crippen LogP contribution is -2.24. The monoisotopic (exact) mass is 360 g/mol. The van der Waals surface area contributed by atoms with Crippen LogP contribution in [0.4, 0.5) is 5.69 Å². The van der Waals surface area contributed by atoms with Crippen LogP contribution in [0.3, 0.4) is 0 Å². The summed E-state index contributed by atoms with van der Waals surface area (Å²) in [5.74, 6) is 0.0959. The summed E-state index contributed by atoms with van der Waals surface area (Å²) in [4.78, 5) is 25.0. The van der Waals surface area contributed by atoms with Crippen molar-refractivity contribution in [2.45, 2.75) is 6.54 Å². The van der Waals surface area contributed by atoms with Crippen molar-refractivity contribution >= 4 is 28.5 Å². The van der Waals surface area contributed by atoms with Crippen LogP contribution >= 0.6 is 0 Å². The smallest absolute Gasteiger partial charge is 0.291 e. The van der Waals surface area contributed by atoms with Gasteiger partial charge in [-0.15, -0.1) is 0 Å². The van der Waals surface area contributed by atoms with Gasteiger partial charge in [-0.25, -0.2) is 0 Å². The summed E-state index contributed by atoms with van der Waals surface area (Å²) in [6.07, 6.45) is 1.54. The fourth-order valence-electron chi connectivity index (χ4n) is 2.74. The van der Waals surface area contributed by atoms with Gasteiger partial charge in [0.2, 0.25) is 0 Å². The van der Waals surface area contributed by atoms with Crippen LogP contribution in [0, 0.1) is 0 Å². The Hall–Kier alpha value is -3.80. The zero-order chi connectivity index (χ0) is 18.6. The Bertz CT molecular complexity index is 1060. The number of amides is 2. The highest BCUT2D eigenvalue weighted by atomic mass is 16.3. The SMILES string of the molecule is O=C(Nc1ccccc1C(=O)NCc1ccco1)c1cc2ccccc2o1. The number of rotatable bonds is 5. The summed E-state index contributed by atoms with van der Waals surface area (Å²) in [6.45, 7) is 0.262. The molecule has 0 spiro atoms. The zero-order valence-corrected chi connectivity index (χ0v) is 14.3. The van der Waals surface area contributed by atoms with Gasteiger partial charge >= 0.3 is 0 Å². The Balaban J connectivity index is 1.51. The van der Waals surface area contributed by atoms with E-state index < -0.39 is 5.91 Å². The fourth-order valence-corrected chi connectivity index (χ4v) is 2.74. The first-order valence-corrected chi connectivity index (χ1v) is 8.40. The Labute approximate surface area is 154 Å². The minimum absolute atomic E-state index is 0.182. The molecule has 2 aromatic carbocycles. The van der Waals surface area contributed by atoms with Crippen molar-refractivity contribution in [3.8, 4) is 0 Å². The van der Waals surface area contributed by atoms with Crippen molar-refractivity contribution in [2.24, 2.45) is 0 Å². The van der Waals surface area contributed by atoms with Crippen LogP contribution in [0.15, 0.2) is 81.8 Å². The third kappa shape index (κ3) is 3.59. The summed E-state index contributed by atoms with van der Waals surface area (Å²) in [7, 11) is 0. The van der Waals surface area contributed by atoms with E-state index in [1.165, 1.54) is 0 Å². The molecule has 0 radical (unpaired) electrons. The van der Waals surface area contributed by atoms with Gasteiger partial charge < -0.3 is 19.5 Å². The molecular formula is C21H16N2O4. The van der Waals surface area contributed by atoms with E-state index in [4.69, 9.17) is 8.83 Å². The molecule has 2 heterocycles. The van der Waals surface area contributed by atoms with Gasteiger partial charge in [-0.1, -0.05) is 30.3 Å². The normalized spacial score (nSPS) is 10.7. The Kier molecular flexibility index (Phi) is 4.45. The van der Waals surface area contributed by atoms with Crippen LogP contribution in [0.2, 0.25) is 0 Å². The van der Waals surface area contributed by atoms with Crippen LogP contribution in [0.25, 0.3) is 11.0 Å². The second-order valence-electron chi connectivity index (χ2n) is 5.91. The third-order valence-corrected chi connectivity index (χ3v) is 4.07. The van der Waals surface area contributed by atoms with Crippen LogP contribution < -0.4 is 10.6 Å². The number of anilines is 1. The first kappa shape index (κ1) is 16.7. The molecule has 4 aromatic rings. The van der Waals surface area contributed by atoms with E-state index in [-0.39, 0.29) is 18.2 Å². The van der Waals surface area contributed by atoms with Crippen LogP contribution in [0.5, 0.6) is 0 Å². The van der Waals surface area contributed by atoms with Gasteiger partial charge in [0.25, 0.3) is 11.8 Å². The summed E-state index contributed by atoms with van der Waals surface area (Å²) < 4.78 is 10.8. The lowest BCUT2D eigenvalue weighted by Gasteiger charge is -2.10. The molecular weight excluding hydrogens is 344 g/mol. The number of hydrogen-bond acceptors (Lipinski definition) is 4. The van der Waals surface area contributed by atoms with Gasteiger partial charge in [-0.3, -0.25) is 9.59 Å². The van der Waals surface area contributed by atoms with Crippen LogP contribution in [0.1, 0.15) is 26.7 Å². The Morgan fingerprint density at radius 2 is 1.70 bits per heavy atom. The second kappa shape index (κ2) is 7.21. The predicted molar refractivity (Wildman–Crippen MR) is 100 cm³/mol. The molecule has 0 aliphatic carbocycles. The van der Waals surface area contributed by atoms with Crippen molar-refractivity contribution in [3.63, 3.8) is 0 Å². The zero-order valence-electron chi connectivity index (χ0n) is 14.3. The molecule has 4 rings (SSSR count). The molecule has 2 aromatic heterocycles. The molecule has 2 N–H and O–H groups in total. The number of hydrogen-bond donors (Lipinski definition) is 2. The van der Waals surface area contributed by atoms with E-state index in [1.807, 2.05) is 18.2 Å². The van der Waals surface area contributed by atoms with E-state index in [2.05, 4.69) is 10.6 Å². The van der Waals surface area contributed by atoms with E-state index in [0.717, 1.165) is 5.39 Å². The molecule has 0 aliphatic rings. The molecule has 0 unspecified atom stereocenters. The standard InChI is InChI=1S/C21H16N2O4/c24-20(22-13-15-7-5-11-26-15)16-8-2-3-9-17(16)23-21(25)19-12-14-6-1-4-10-18(14)27-19/h1-12H,13H2,(H,22,24)(H,23,25). The van der Waals surface area contributed by atoms with Crippen molar-refractivity contribution in [1.29, 1.82) is 0 Å². The first-order valence-electron chi connectivity index (χ1n) is 8.40. The molecule has 27 heavy (non-hydrogen) atoms. The van der Waals surface area contributed by atoms with E-state index >= 15 is 0 Å². The largest absolute Gasteiger partial charge is 0.467 e. The van der Waals surface area contributed by atoms with E-state index in [1.54, 1.807) is 54.8 Å². The molecule has 0 atom stereocenters. The van der Waals surface area contributed by atoms with Crippen molar-refractivity contribution < 1.29 is 18.4 Å². The lowest BCUT2D eigenvalue weighted by molar-refractivity contribution is 0.0949. The highest BCUT2D eigenvalue weighted by molar-refractivity contribution is 6.09. The second-order valence-corrected chi connectivity index (χ2v) is 5.91. The van der Waals surface area contributed by atoms with Gasteiger partial charge in [-0.2, -0.15) is 0 Å². The quantitative estimate of drug-likeness (QED) is 0.558. The van der Waals surface area contributed by atoms with E-state index in [0.29, 0.717) is 22.6 Å². The molecule has 6 heteroatoms. The Morgan fingerprint density at radius 3 is 2.52 bits per heavy atom. The number of furan rings is 2. The average Bonchev–Trinajstić information content (AvgIpc) is 3.36. The fraction of sp³-hybridized carbons (Fsp3) is 0.0476. The van der Waals surface area contributed by atoms with Gasteiger partial charge in [0, 0.05) is 5.39 Å². The van der Waals surface area contributed by atoms with Gasteiger partial charge in [-0.05, 0) is 36.4 Å². The van der Waals surface area contributed by atoms with Gasteiger partial charge in [0.15, 0.2) is 5.76 Å². The summed E-state index contributed by atoms with van der Waals surface area (Å²) in [6, 6.07) is 19.4. The summed E-state index contributed by atoms with van der Waals surface area (Å²) in [5, 5.41) is 6.35. The van der Waals surface area contributed by atoms with Gasteiger partial charge in [0.05, 0.1) is 24.1 Å². The maximum absolute atomic E-state index is 12.6. The number of fused-ring (bicyclic) bond motifs is 1. The number of benzene rings is 2. The minimum Gasteiger partial charge on any atom is -0.467 e. The molecule has 0 saturated heterocycles. The van der Waals surface area contributed by atoms with Gasteiger partial charge in [0.1, 0.15) is 11.3 Å². The molecule has 0 saturated carbocycles. The van der Waals surface area contributed by atoms with Crippen LogP contribution in [-0.2, 0) is 6.54 Å². The number of carbonyl (C=O) groups is 2. The van der Waals surface area contributed by atoms with E-state index in [9.17, 15) is 9.59 Å². The maximum Gasteiger partial charge on any atom is 0.291 e. The summed E-state index contributed by atoms with van der Waals surface area (Å²) in [5.41, 5.74) is 1.39. The highest BCUT2D eigenvalue weighted by Gasteiger charge is 2.17. The maximum atomic E-state index is 12.6. The van der Waals surface area contributed by atoms with Crippen LogP contribution in [-0.4, -0.2) is 11.8 Å². The third-order valence-electron chi connectivity index (χ3n) is 4.07. The predicted octanol–water partition coefficient (Wildman–Crippen LogP) is 4.21. The summed E-state index contributed by atoms with van der Waals surface area (Å²) >= 11 is 0. The molecule has 0 aliphatic heterocycles. The minimum atomic E-state index is -0.419. The van der Waals surface area contributed by atoms with Crippen molar-refractivity contribution in [2.75, 3.05) is 5.32 Å². The topological polar surface area (TPSA) is 84.5 Å². The lowest BCUT2D eigenvalue weighted by atomic mass is 10.1. The molecule has 6 nitrogen and oxygen atoms in total.